The van der Waals surface area contributed by atoms with Gasteiger partial charge in [-0.05, 0) is 46.9 Å². The third-order valence-corrected chi connectivity index (χ3v) is 3.80. The molecule has 0 fully saturated rings. The second kappa shape index (κ2) is 7.64. The maximum Gasteiger partial charge on any atom is 0.161 e. The lowest BCUT2D eigenvalue weighted by Crippen LogP contribution is -1.84. The number of thioether (sulfide) groups is 1. The van der Waals surface area contributed by atoms with Gasteiger partial charge in [-0.3, -0.25) is 0 Å². The van der Waals surface area contributed by atoms with Crippen molar-refractivity contribution >= 4 is 17.8 Å². The molecule has 2 aromatic carbocycles. The average molecular weight is 302 g/mol. The first kappa shape index (κ1) is 15.3. The number of methoxy groups -OCH3 is 2. The van der Waals surface area contributed by atoms with Crippen molar-refractivity contribution in [2.24, 2.45) is 0 Å². The number of hydrogen-bond acceptors (Lipinski definition) is 4. The molecule has 0 saturated heterocycles. The quantitative estimate of drug-likeness (QED) is 0.863. The van der Waals surface area contributed by atoms with Gasteiger partial charge in [0.05, 0.1) is 14.2 Å². The van der Waals surface area contributed by atoms with E-state index in [1.165, 1.54) is 5.56 Å². The molecule has 0 amide bonds. The molecule has 0 saturated carbocycles. The number of phenolic OH excluding ortho intramolecular Hbond substituents is 1. The van der Waals surface area contributed by atoms with Gasteiger partial charge < -0.3 is 14.6 Å². The number of ether oxygens (including phenoxy) is 2. The number of hydrogen-bond donors (Lipinski definition) is 1. The molecule has 4 heteroatoms. The minimum Gasteiger partial charge on any atom is -0.504 e. The Labute approximate surface area is 129 Å². The average Bonchev–Trinajstić information content (AvgIpc) is 2.53. The van der Waals surface area contributed by atoms with Crippen LogP contribution in [0.25, 0.3) is 6.08 Å². The summed E-state index contributed by atoms with van der Waals surface area (Å²) >= 11 is 1.71. The maximum absolute atomic E-state index is 9.53. The van der Waals surface area contributed by atoms with E-state index in [9.17, 15) is 5.11 Å². The Bertz CT molecular complexity index is 606. The van der Waals surface area contributed by atoms with Gasteiger partial charge in [-0.15, -0.1) is 11.8 Å². The molecule has 110 valence electrons. The molecule has 0 aliphatic carbocycles. The monoisotopic (exact) mass is 302 g/mol. The fourth-order valence-corrected chi connectivity index (χ4v) is 2.53. The van der Waals surface area contributed by atoms with Crippen LogP contribution in [-0.2, 0) is 5.75 Å². The van der Waals surface area contributed by atoms with Crippen molar-refractivity contribution in [2.45, 2.75) is 5.75 Å². The molecule has 0 aromatic heterocycles. The molecule has 0 aliphatic rings. The van der Waals surface area contributed by atoms with Crippen LogP contribution in [0.15, 0.2) is 47.9 Å². The SMILES string of the molecule is COc1ccc(CSC=Cc2ccc(O)c(OC)c2)cc1. The van der Waals surface area contributed by atoms with Crippen LogP contribution in [0.2, 0.25) is 0 Å². The summed E-state index contributed by atoms with van der Waals surface area (Å²) in [6.07, 6.45) is 2.00. The van der Waals surface area contributed by atoms with Crippen molar-refractivity contribution < 1.29 is 14.6 Å². The van der Waals surface area contributed by atoms with Crippen LogP contribution in [0, 0.1) is 0 Å². The minimum absolute atomic E-state index is 0.153. The lowest BCUT2D eigenvalue weighted by atomic mass is 10.2. The largest absolute Gasteiger partial charge is 0.504 e. The molecule has 0 aliphatic heterocycles. The molecular formula is C17H18O3S. The fraction of sp³-hybridized carbons (Fsp3) is 0.176. The van der Waals surface area contributed by atoms with Gasteiger partial charge >= 0.3 is 0 Å². The van der Waals surface area contributed by atoms with E-state index in [0.717, 1.165) is 17.1 Å². The molecule has 0 atom stereocenters. The van der Waals surface area contributed by atoms with E-state index in [1.54, 1.807) is 38.1 Å². The predicted molar refractivity (Wildman–Crippen MR) is 88.0 cm³/mol. The van der Waals surface area contributed by atoms with E-state index >= 15 is 0 Å². The van der Waals surface area contributed by atoms with Crippen molar-refractivity contribution in [1.82, 2.24) is 0 Å². The summed E-state index contributed by atoms with van der Waals surface area (Å²) < 4.78 is 10.2. The zero-order valence-electron chi connectivity index (χ0n) is 12.1. The van der Waals surface area contributed by atoms with Gasteiger partial charge in [-0.1, -0.05) is 18.2 Å². The van der Waals surface area contributed by atoms with Crippen LogP contribution in [0.3, 0.4) is 0 Å². The van der Waals surface area contributed by atoms with E-state index in [4.69, 9.17) is 9.47 Å². The van der Waals surface area contributed by atoms with Crippen molar-refractivity contribution in [2.75, 3.05) is 14.2 Å². The molecule has 3 nitrogen and oxygen atoms in total. The Hall–Kier alpha value is -2.07. The van der Waals surface area contributed by atoms with Crippen LogP contribution in [-0.4, -0.2) is 19.3 Å². The smallest absolute Gasteiger partial charge is 0.161 e. The highest BCUT2D eigenvalue weighted by Gasteiger charge is 2.00. The molecule has 2 aromatic rings. The highest BCUT2D eigenvalue weighted by Crippen LogP contribution is 2.27. The highest BCUT2D eigenvalue weighted by molar-refractivity contribution is 8.01. The van der Waals surface area contributed by atoms with Gasteiger partial charge in [-0.25, -0.2) is 0 Å². The Kier molecular flexibility index (Phi) is 5.58. The molecule has 21 heavy (non-hydrogen) atoms. The lowest BCUT2D eigenvalue weighted by Gasteiger charge is -2.04. The zero-order chi connectivity index (χ0) is 15.1. The van der Waals surface area contributed by atoms with Crippen LogP contribution in [0.4, 0.5) is 0 Å². The fourth-order valence-electron chi connectivity index (χ4n) is 1.79. The zero-order valence-corrected chi connectivity index (χ0v) is 12.9. The third-order valence-electron chi connectivity index (χ3n) is 2.97. The van der Waals surface area contributed by atoms with Gasteiger partial charge in [0.1, 0.15) is 5.75 Å². The summed E-state index contributed by atoms with van der Waals surface area (Å²) in [4.78, 5) is 0. The molecule has 0 unspecified atom stereocenters. The van der Waals surface area contributed by atoms with Crippen molar-refractivity contribution in [1.29, 1.82) is 0 Å². The van der Waals surface area contributed by atoms with Crippen LogP contribution >= 0.6 is 11.8 Å². The van der Waals surface area contributed by atoms with Crippen LogP contribution < -0.4 is 9.47 Å². The van der Waals surface area contributed by atoms with Crippen molar-refractivity contribution in [3.05, 3.63) is 59.0 Å². The molecule has 0 heterocycles. The van der Waals surface area contributed by atoms with Gasteiger partial charge in [0.25, 0.3) is 0 Å². The number of phenols is 1. The van der Waals surface area contributed by atoms with Crippen molar-refractivity contribution in [3.63, 3.8) is 0 Å². The molecule has 1 N–H and O–H groups in total. The third kappa shape index (κ3) is 4.46. The van der Waals surface area contributed by atoms with Crippen LogP contribution in [0.5, 0.6) is 17.2 Å². The van der Waals surface area contributed by atoms with Gasteiger partial charge in [0.15, 0.2) is 11.5 Å². The summed E-state index contributed by atoms with van der Waals surface area (Å²) in [7, 11) is 3.21. The standard InChI is InChI=1S/C17H18O3S/c1-19-15-6-3-14(4-7-15)12-21-10-9-13-5-8-16(18)17(11-13)20-2/h3-11,18H,12H2,1-2H3. The number of aromatic hydroxyl groups is 1. The Morgan fingerprint density at radius 1 is 1.05 bits per heavy atom. The van der Waals surface area contributed by atoms with E-state index in [2.05, 4.69) is 12.1 Å². The Balaban J connectivity index is 1.90. The van der Waals surface area contributed by atoms with E-state index < -0.39 is 0 Å². The van der Waals surface area contributed by atoms with Crippen molar-refractivity contribution in [3.8, 4) is 17.2 Å². The summed E-state index contributed by atoms with van der Waals surface area (Å²) in [5.41, 5.74) is 2.24. The van der Waals surface area contributed by atoms with Crippen LogP contribution in [0.1, 0.15) is 11.1 Å². The van der Waals surface area contributed by atoms with Gasteiger partial charge in [0.2, 0.25) is 0 Å². The topological polar surface area (TPSA) is 38.7 Å². The van der Waals surface area contributed by atoms with Gasteiger partial charge in [0, 0.05) is 5.75 Å². The molecule has 0 bridgehead atoms. The highest BCUT2D eigenvalue weighted by atomic mass is 32.2. The second-order valence-corrected chi connectivity index (χ2v) is 5.29. The lowest BCUT2D eigenvalue weighted by molar-refractivity contribution is 0.373. The van der Waals surface area contributed by atoms with Gasteiger partial charge in [-0.2, -0.15) is 0 Å². The number of rotatable bonds is 6. The Morgan fingerprint density at radius 2 is 1.81 bits per heavy atom. The summed E-state index contributed by atoms with van der Waals surface area (Å²) in [6.45, 7) is 0. The van der Waals surface area contributed by atoms with E-state index in [1.807, 2.05) is 29.7 Å². The Morgan fingerprint density at radius 3 is 2.48 bits per heavy atom. The summed E-state index contributed by atoms with van der Waals surface area (Å²) in [5.74, 6) is 2.41. The molecular weight excluding hydrogens is 284 g/mol. The first-order chi connectivity index (χ1) is 10.2. The minimum atomic E-state index is 0.153. The maximum atomic E-state index is 9.53. The second-order valence-electron chi connectivity index (χ2n) is 4.39. The summed E-state index contributed by atoms with van der Waals surface area (Å²) in [5, 5.41) is 11.6. The predicted octanol–water partition coefficient (Wildman–Crippen LogP) is 4.31. The molecule has 2 rings (SSSR count). The normalized spacial score (nSPS) is 10.8. The summed E-state index contributed by atoms with van der Waals surface area (Å²) in [6, 6.07) is 13.3. The first-order valence-electron chi connectivity index (χ1n) is 6.51. The molecule has 0 radical (unpaired) electrons. The molecule has 0 spiro atoms. The van der Waals surface area contributed by atoms with E-state index in [-0.39, 0.29) is 5.75 Å². The number of benzene rings is 2. The van der Waals surface area contributed by atoms with E-state index in [0.29, 0.717) is 5.75 Å². The first-order valence-corrected chi connectivity index (χ1v) is 7.56.